The fraction of sp³-hybridized carbons (Fsp3) is 0.200. The van der Waals surface area contributed by atoms with Gasteiger partial charge in [0.05, 0.1) is 0 Å². The molecule has 0 aliphatic carbocycles. The summed E-state index contributed by atoms with van der Waals surface area (Å²) in [5.74, 6) is -2.25. The van der Waals surface area contributed by atoms with E-state index in [9.17, 15) is 9.59 Å². The van der Waals surface area contributed by atoms with Crippen LogP contribution in [0.3, 0.4) is 0 Å². The molecule has 7 N–H and O–H groups in total. The summed E-state index contributed by atoms with van der Waals surface area (Å²) in [4.78, 5) is 24.3. The van der Waals surface area contributed by atoms with Gasteiger partial charge < -0.3 is 20.9 Å². The number of benzene rings is 2. The number of rotatable bonds is 7. The SMILES string of the molecule is N[C@@H](Cc1c[nH]c2ccccc12)C(=O)O.O=C(O)[C@H](Cc1ccccc1)N(O)O. The van der Waals surface area contributed by atoms with Crippen LogP contribution < -0.4 is 5.73 Å². The smallest absolute Gasteiger partial charge is 0.326 e. The van der Waals surface area contributed by atoms with E-state index in [-0.39, 0.29) is 11.6 Å². The molecule has 0 aliphatic heterocycles. The van der Waals surface area contributed by atoms with Crippen molar-refractivity contribution in [3.63, 3.8) is 0 Å². The predicted molar refractivity (Wildman–Crippen MR) is 105 cm³/mol. The Morgan fingerprint density at radius 1 is 0.931 bits per heavy atom. The van der Waals surface area contributed by atoms with Crippen LogP contribution in [0, 0.1) is 0 Å². The normalized spacial score (nSPS) is 12.8. The molecule has 154 valence electrons. The van der Waals surface area contributed by atoms with Crippen molar-refractivity contribution in [1.82, 2.24) is 10.2 Å². The first-order valence-electron chi connectivity index (χ1n) is 8.76. The summed E-state index contributed by atoms with van der Waals surface area (Å²) in [6.07, 6.45) is 2.20. The summed E-state index contributed by atoms with van der Waals surface area (Å²) in [7, 11) is 0. The number of aromatic amines is 1. The second-order valence-electron chi connectivity index (χ2n) is 6.37. The molecule has 0 radical (unpaired) electrons. The van der Waals surface area contributed by atoms with Crippen LogP contribution >= 0.6 is 0 Å². The minimum atomic E-state index is -1.34. The Kier molecular flexibility index (Phi) is 7.87. The molecule has 2 aromatic carbocycles. The standard InChI is InChI=1S/C11H12N2O2.C9H11NO4/c12-9(11(14)15)5-7-6-13-10-4-2-1-3-8(7)10;11-9(12)8(10(13)14)6-7-4-2-1-3-5-7/h1-4,6,9,13H,5,12H2,(H,14,15);1-5,8,13-14H,6H2,(H,11,12)/t9-;8-/m00/s1. The van der Waals surface area contributed by atoms with Crippen LogP contribution in [0.5, 0.6) is 0 Å². The number of H-pyrrole nitrogens is 1. The van der Waals surface area contributed by atoms with Crippen molar-refractivity contribution >= 4 is 22.8 Å². The molecule has 9 heteroatoms. The lowest BCUT2D eigenvalue weighted by molar-refractivity contribution is -0.327. The van der Waals surface area contributed by atoms with E-state index in [4.69, 9.17) is 26.4 Å². The molecule has 0 amide bonds. The van der Waals surface area contributed by atoms with Crippen LogP contribution in [0.1, 0.15) is 11.1 Å². The molecule has 0 saturated carbocycles. The number of nitrogens with zero attached hydrogens (tertiary/aromatic N) is 1. The Morgan fingerprint density at radius 3 is 2.14 bits per heavy atom. The fourth-order valence-electron chi connectivity index (χ4n) is 2.73. The number of nitrogens with one attached hydrogen (secondary N) is 1. The number of carbonyl (C=O) groups is 2. The Bertz CT molecular complexity index is 942. The van der Waals surface area contributed by atoms with Crippen LogP contribution in [0.4, 0.5) is 0 Å². The lowest BCUT2D eigenvalue weighted by atomic mass is 10.1. The van der Waals surface area contributed by atoms with E-state index in [1.165, 1.54) is 0 Å². The lowest BCUT2D eigenvalue weighted by Crippen LogP contribution is -2.38. The number of hydrogen-bond donors (Lipinski definition) is 6. The molecule has 9 nitrogen and oxygen atoms in total. The topological polar surface area (TPSA) is 160 Å². The van der Waals surface area contributed by atoms with Crippen LogP contribution in [0.2, 0.25) is 0 Å². The van der Waals surface area contributed by atoms with Crippen LogP contribution in [-0.2, 0) is 22.4 Å². The molecule has 0 fully saturated rings. The van der Waals surface area contributed by atoms with Gasteiger partial charge in [-0.05, 0) is 17.2 Å². The molecule has 0 spiro atoms. The molecule has 0 aliphatic rings. The molecule has 1 heterocycles. The molecule has 3 rings (SSSR count). The van der Waals surface area contributed by atoms with E-state index < -0.39 is 24.0 Å². The number of carboxylic acids is 2. The van der Waals surface area contributed by atoms with Gasteiger partial charge in [0.1, 0.15) is 6.04 Å². The van der Waals surface area contributed by atoms with Crippen LogP contribution in [0.15, 0.2) is 60.8 Å². The first kappa shape index (κ1) is 22.1. The second-order valence-corrected chi connectivity index (χ2v) is 6.37. The highest BCUT2D eigenvalue weighted by Gasteiger charge is 2.23. The number of carboxylic acid groups (broad SMARTS) is 2. The van der Waals surface area contributed by atoms with Crippen molar-refractivity contribution in [2.24, 2.45) is 5.73 Å². The average molecular weight is 401 g/mol. The van der Waals surface area contributed by atoms with Crippen molar-refractivity contribution in [1.29, 1.82) is 0 Å². The largest absolute Gasteiger partial charge is 0.480 e. The highest BCUT2D eigenvalue weighted by molar-refractivity contribution is 5.84. The van der Waals surface area contributed by atoms with Gasteiger partial charge in [0.15, 0.2) is 6.04 Å². The van der Waals surface area contributed by atoms with Gasteiger partial charge in [-0.1, -0.05) is 53.8 Å². The lowest BCUT2D eigenvalue weighted by Gasteiger charge is -2.15. The highest BCUT2D eigenvalue weighted by atomic mass is 16.8. The monoisotopic (exact) mass is 401 g/mol. The van der Waals surface area contributed by atoms with Crippen molar-refractivity contribution in [3.05, 3.63) is 71.9 Å². The number of hydrogen-bond acceptors (Lipinski definition) is 6. The summed E-state index contributed by atoms with van der Waals surface area (Å²) in [6, 6.07) is 14.3. The zero-order valence-electron chi connectivity index (χ0n) is 15.5. The van der Waals surface area contributed by atoms with Gasteiger partial charge in [0, 0.05) is 29.9 Å². The molecule has 1 aromatic heterocycles. The van der Waals surface area contributed by atoms with E-state index >= 15 is 0 Å². The number of aliphatic carboxylic acids is 2. The first-order valence-corrected chi connectivity index (χ1v) is 8.76. The van der Waals surface area contributed by atoms with Crippen molar-refractivity contribution < 1.29 is 30.2 Å². The van der Waals surface area contributed by atoms with Crippen LogP contribution in [-0.4, -0.2) is 54.9 Å². The van der Waals surface area contributed by atoms with Gasteiger partial charge in [-0.15, -0.1) is 0 Å². The molecule has 29 heavy (non-hydrogen) atoms. The molecule has 2 atom stereocenters. The third-order valence-electron chi connectivity index (χ3n) is 4.27. The van der Waals surface area contributed by atoms with E-state index in [0.29, 0.717) is 6.42 Å². The Hall–Kier alpha value is -3.24. The average Bonchev–Trinajstić information content (AvgIpc) is 3.10. The summed E-state index contributed by atoms with van der Waals surface area (Å²) < 4.78 is 0. The number of fused-ring (bicyclic) bond motifs is 1. The highest BCUT2D eigenvalue weighted by Crippen LogP contribution is 2.18. The van der Waals surface area contributed by atoms with E-state index in [0.717, 1.165) is 22.0 Å². The minimum Gasteiger partial charge on any atom is -0.480 e. The Morgan fingerprint density at radius 2 is 1.55 bits per heavy atom. The minimum absolute atomic E-state index is 0.0448. The van der Waals surface area contributed by atoms with E-state index in [1.807, 2.05) is 30.5 Å². The fourth-order valence-corrected chi connectivity index (χ4v) is 2.73. The third-order valence-corrected chi connectivity index (χ3v) is 4.27. The van der Waals surface area contributed by atoms with Gasteiger partial charge in [-0.25, -0.2) is 0 Å². The van der Waals surface area contributed by atoms with Crippen molar-refractivity contribution in [2.75, 3.05) is 0 Å². The molecule has 3 aromatic rings. The third kappa shape index (κ3) is 6.40. The summed E-state index contributed by atoms with van der Waals surface area (Å²) in [5, 5.41) is 35.4. The zero-order chi connectivity index (χ0) is 21.4. The molecule has 0 unspecified atom stereocenters. The second kappa shape index (κ2) is 10.3. The van der Waals surface area contributed by atoms with Gasteiger partial charge in [-0.3, -0.25) is 20.0 Å². The maximum absolute atomic E-state index is 10.6. The number of aromatic nitrogens is 1. The van der Waals surface area contributed by atoms with Crippen molar-refractivity contribution in [2.45, 2.75) is 24.9 Å². The Labute approximate surface area is 166 Å². The van der Waals surface area contributed by atoms with Crippen molar-refractivity contribution in [3.8, 4) is 0 Å². The van der Waals surface area contributed by atoms with Crippen LogP contribution in [0.25, 0.3) is 10.9 Å². The molecule has 0 bridgehead atoms. The van der Waals surface area contributed by atoms with Gasteiger partial charge in [-0.2, -0.15) is 0 Å². The molecular formula is C20H23N3O6. The van der Waals surface area contributed by atoms with E-state index in [1.54, 1.807) is 30.3 Å². The first-order chi connectivity index (χ1) is 13.8. The van der Waals surface area contributed by atoms with Gasteiger partial charge >= 0.3 is 11.9 Å². The van der Waals surface area contributed by atoms with E-state index in [2.05, 4.69) is 4.98 Å². The molecular weight excluding hydrogens is 378 g/mol. The predicted octanol–water partition coefficient (Wildman–Crippen LogP) is 1.88. The molecule has 0 saturated heterocycles. The quantitative estimate of drug-likeness (QED) is 0.327. The van der Waals surface area contributed by atoms with Gasteiger partial charge in [0.25, 0.3) is 0 Å². The number of hydroxylamine groups is 2. The maximum atomic E-state index is 10.6. The summed E-state index contributed by atoms with van der Waals surface area (Å²) >= 11 is 0. The summed E-state index contributed by atoms with van der Waals surface area (Å²) in [6.45, 7) is 0. The number of para-hydroxylation sites is 1. The number of nitrogens with two attached hydrogens (primary N) is 1. The Balaban J connectivity index is 0.000000208. The zero-order valence-corrected chi connectivity index (χ0v) is 15.5. The maximum Gasteiger partial charge on any atom is 0.326 e. The van der Waals surface area contributed by atoms with Gasteiger partial charge in [0.2, 0.25) is 0 Å². The summed E-state index contributed by atoms with van der Waals surface area (Å²) in [5.41, 5.74) is 8.16.